The van der Waals surface area contributed by atoms with Crippen LogP contribution in [-0.4, -0.2) is 40.5 Å². The van der Waals surface area contributed by atoms with Gasteiger partial charge in [0.2, 0.25) is 0 Å². The molecule has 1 aromatic carbocycles. The van der Waals surface area contributed by atoms with Crippen LogP contribution in [0.15, 0.2) is 18.2 Å². The fourth-order valence-corrected chi connectivity index (χ4v) is 2.03. The minimum absolute atomic E-state index is 0.321. The SMILES string of the molecule is COCCNC(C)C(C)c1cc(OC)ccc1OC. The quantitative estimate of drug-likeness (QED) is 0.734. The number of nitrogens with one attached hydrogen (secondary N) is 1. The van der Waals surface area contributed by atoms with Crippen molar-refractivity contribution in [3.63, 3.8) is 0 Å². The maximum absolute atomic E-state index is 5.43. The van der Waals surface area contributed by atoms with Crippen LogP contribution in [0.3, 0.4) is 0 Å². The number of benzene rings is 1. The Morgan fingerprint density at radius 3 is 2.42 bits per heavy atom. The summed E-state index contributed by atoms with van der Waals surface area (Å²) in [5.74, 6) is 2.07. The summed E-state index contributed by atoms with van der Waals surface area (Å²) in [6.07, 6.45) is 0. The Morgan fingerprint density at radius 2 is 1.84 bits per heavy atom. The van der Waals surface area contributed by atoms with Gasteiger partial charge < -0.3 is 19.5 Å². The van der Waals surface area contributed by atoms with E-state index in [0.717, 1.165) is 23.6 Å². The van der Waals surface area contributed by atoms with Gasteiger partial charge in [0.05, 0.1) is 20.8 Å². The number of rotatable bonds is 8. The molecule has 2 unspecified atom stereocenters. The van der Waals surface area contributed by atoms with Crippen LogP contribution in [0.25, 0.3) is 0 Å². The lowest BCUT2D eigenvalue weighted by molar-refractivity contribution is 0.195. The number of methoxy groups -OCH3 is 3. The summed E-state index contributed by atoms with van der Waals surface area (Å²) in [6, 6.07) is 6.24. The van der Waals surface area contributed by atoms with Crippen LogP contribution >= 0.6 is 0 Å². The van der Waals surface area contributed by atoms with Gasteiger partial charge in [-0.15, -0.1) is 0 Å². The van der Waals surface area contributed by atoms with E-state index in [9.17, 15) is 0 Å². The van der Waals surface area contributed by atoms with Crippen LogP contribution in [-0.2, 0) is 4.74 Å². The van der Waals surface area contributed by atoms with Crippen LogP contribution < -0.4 is 14.8 Å². The first-order chi connectivity index (χ1) is 9.13. The van der Waals surface area contributed by atoms with Gasteiger partial charge in [0, 0.05) is 25.3 Å². The molecule has 0 aliphatic rings. The Kier molecular flexibility index (Phi) is 6.67. The predicted octanol–water partition coefficient (Wildman–Crippen LogP) is 2.43. The van der Waals surface area contributed by atoms with Gasteiger partial charge in [-0.05, 0) is 31.0 Å². The van der Waals surface area contributed by atoms with Crippen molar-refractivity contribution in [2.45, 2.75) is 25.8 Å². The van der Waals surface area contributed by atoms with Gasteiger partial charge in [-0.3, -0.25) is 0 Å². The highest BCUT2D eigenvalue weighted by atomic mass is 16.5. The summed E-state index contributed by atoms with van der Waals surface area (Å²) in [6.45, 7) is 5.90. The molecule has 0 radical (unpaired) electrons. The fourth-order valence-electron chi connectivity index (χ4n) is 2.03. The Balaban J connectivity index is 2.81. The largest absolute Gasteiger partial charge is 0.497 e. The molecule has 1 aromatic rings. The van der Waals surface area contributed by atoms with Crippen molar-refractivity contribution in [2.24, 2.45) is 0 Å². The molecule has 1 N–H and O–H groups in total. The zero-order chi connectivity index (χ0) is 14.3. The van der Waals surface area contributed by atoms with E-state index >= 15 is 0 Å². The standard InChI is InChI=1S/C15H25NO3/c1-11(12(2)16-8-9-17-3)14-10-13(18-4)6-7-15(14)19-5/h6-7,10-12,16H,8-9H2,1-5H3. The molecule has 0 aliphatic heterocycles. The number of hydrogen-bond donors (Lipinski definition) is 1. The smallest absolute Gasteiger partial charge is 0.122 e. The molecule has 4 heteroatoms. The summed E-state index contributed by atoms with van der Waals surface area (Å²) in [5.41, 5.74) is 1.15. The van der Waals surface area contributed by atoms with Gasteiger partial charge in [0.25, 0.3) is 0 Å². The Hall–Kier alpha value is -1.26. The lowest BCUT2D eigenvalue weighted by Crippen LogP contribution is -2.33. The number of hydrogen-bond acceptors (Lipinski definition) is 4. The van der Waals surface area contributed by atoms with Crippen LogP contribution in [0.4, 0.5) is 0 Å². The molecule has 19 heavy (non-hydrogen) atoms. The molecule has 4 nitrogen and oxygen atoms in total. The van der Waals surface area contributed by atoms with Gasteiger partial charge in [-0.2, -0.15) is 0 Å². The molecule has 0 aromatic heterocycles. The van der Waals surface area contributed by atoms with Crippen LogP contribution in [0.2, 0.25) is 0 Å². The van der Waals surface area contributed by atoms with E-state index in [0.29, 0.717) is 18.6 Å². The second kappa shape index (κ2) is 8.02. The van der Waals surface area contributed by atoms with E-state index < -0.39 is 0 Å². The third-order valence-corrected chi connectivity index (χ3v) is 3.45. The molecule has 1 rings (SSSR count). The van der Waals surface area contributed by atoms with E-state index in [-0.39, 0.29) is 0 Å². The maximum Gasteiger partial charge on any atom is 0.122 e. The van der Waals surface area contributed by atoms with Gasteiger partial charge in [-0.25, -0.2) is 0 Å². The molecule has 2 atom stereocenters. The van der Waals surface area contributed by atoms with Crippen molar-refractivity contribution in [1.29, 1.82) is 0 Å². The summed E-state index contributed by atoms with van der Waals surface area (Å²) in [4.78, 5) is 0. The number of ether oxygens (including phenoxy) is 3. The summed E-state index contributed by atoms with van der Waals surface area (Å²) in [5, 5.41) is 3.45. The minimum atomic E-state index is 0.321. The minimum Gasteiger partial charge on any atom is -0.497 e. The van der Waals surface area contributed by atoms with E-state index in [1.54, 1.807) is 21.3 Å². The van der Waals surface area contributed by atoms with Crippen LogP contribution in [0.5, 0.6) is 11.5 Å². The monoisotopic (exact) mass is 267 g/mol. The lowest BCUT2D eigenvalue weighted by Gasteiger charge is -2.23. The molecule has 0 saturated carbocycles. The highest BCUT2D eigenvalue weighted by Gasteiger charge is 2.18. The van der Waals surface area contributed by atoms with Gasteiger partial charge in [0.1, 0.15) is 11.5 Å². The van der Waals surface area contributed by atoms with E-state index in [1.807, 2.05) is 18.2 Å². The Bertz CT molecular complexity index is 382. The maximum atomic E-state index is 5.43. The van der Waals surface area contributed by atoms with Crippen molar-refractivity contribution in [2.75, 3.05) is 34.5 Å². The molecule has 108 valence electrons. The van der Waals surface area contributed by atoms with Crippen molar-refractivity contribution in [1.82, 2.24) is 5.32 Å². The van der Waals surface area contributed by atoms with Crippen LogP contribution in [0, 0.1) is 0 Å². The van der Waals surface area contributed by atoms with Crippen molar-refractivity contribution < 1.29 is 14.2 Å². The topological polar surface area (TPSA) is 39.7 Å². The summed E-state index contributed by atoms with van der Waals surface area (Å²) >= 11 is 0. The van der Waals surface area contributed by atoms with Gasteiger partial charge in [-0.1, -0.05) is 6.92 Å². The highest BCUT2D eigenvalue weighted by Crippen LogP contribution is 2.32. The van der Waals surface area contributed by atoms with E-state index in [1.165, 1.54) is 0 Å². The Labute approximate surface area is 116 Å². The second-order valence-electron chi connectivity index (χ2n) is 4.63. The third-order valence-electron chi connectivity index (χ3n) is 3.45. The van der Waals surface area contributed by atoms with E-state index in [4.69, 9.17) is 14.2 Å². The van der Waals surface area contributed by atoms with Crippen LogP contribution in [0.1, 0.15) is 25.3 Å². The van der Waals surface area contributed by atoms with Crippen molar-refractivity contribution in [3.05, 3.63) is 23.8 Å². The molecule has 0 saturated heterocycles. The molecular formula is C15H25NO3. The van der Waals surface area contributed by atoms with E-state index in [2.05, 4.69) is 19.2 Å². The third kappa shape index (κ3) is 4.40. The summed E-state index contributed by atoms with van der Waals surface area (Å²) < 4.78 is 15.8. The van der Waals surface area contributed by atoms with Gasteiger partial charge >= 0.3 is 0 Å². The van der Waals surface area contributed by atoms with Gasteiger partial charge in [0.15, 0.2) is 0 Å². The molecule has 0 fully saturated rings. The Morgan fingerprint density at radius 1 is 1.11 bits per heavy atom. The average Bonchev–Trinajstić information content (AvgIpc) is 2.45. The molecule has 0 spiro atoms. The zero-order valence-corrected chi connectivity index (χ0v) is 12.5. The first-order valence-electron chi connectivity index (χ1n) is 6.58. The normalized spacial score (nSPS) is 13.9. The molecular weight excluding hydrogens is 242 g/mol. The molecule has 0 bridgehead atoms. The fraction of sp³-hybridized carbons (Fsp3) is 0.600. The van der Waals surface area contributed by atoms with Crippen molar-refractivity contribution >= 4 is 0 Å². The average molecular weight is 267 g/mol. The molecule has 0 amide bonds. The zero-order valence-electron chi connectivity index (χ0n) is 12.5. The predicted molar refractivity (Wildman–Crippen MR) is 77.3 cm³/mol. The first-order valence-corrected chi connectivity index (χ1v) is 6.58. The second-order valence-corrected chi connectivity index (χ2v) is 4.63. The first kappa shape index (κ1) is 15.8. The highest BCUT2D eigenvalue weighted by molar-refractivity contribution is 5.42. The molecule has 0 heterocycles. The summed E-state index contributed by atoms with van der Waals surface area (Å²) in [7, 11) is 5.08. The molecule has 0 aliphatic carbocycles. The van der Waals surface area contributed by atoms with Crippen molar-refractivity contribution in [3.8, 4) is 11.5 Å². The lowest BCUT2D eigenvalue weighted by atomic mass is 9.93.